The Hall–Kier alpha value is -3.29. The number of nitrogens with zero attached hydrogens (tertiary/aromatic N) is 3. The van der Waals surface area contributed by atoms with Crippen molar-refractivity contribution in [2.75, 3.05) is 0 Å². The normalized spacial score (nSPS) is 13.4. The van der Waals surface area contributed by atoms with E-state index >= 15 is 0 Å². The van der Waals surface area contributed by atoms with Crippen molar-refractivity contribution in [2.45, 2.75) is 97.9 Å². The molecule has 0 spiro atoms. The van der Waals surface area contributed by atoms with E-state index in [-0.39, 0.29) is 46.2 Å². The number of azo groups is 1. The van der Waals surface area contributed by atoms with Gasteiger partial charge in [-0.1, -0.05) is 65.9 Å². The number of hydrogen-bond donors (Lipinski definition) is 2. The van der Waals surface area contributed by atoms with E-state index in [0.29, 0.717) is 42.4 Å². The van der Waals surface area contributed by atoms with Crippen LogP contribution in [0.2, 0.25) is 0 Å². The van der Waals surface area contributed by atoms with Crippen molar-refractivity contribution in [1.29, 1.82) is 0 Å². The van der Waals surface area contributed by atoms with Gasteiger partial charge in [0.2, 0.25) is 5.88 Å². The van der Waals surface area contributed by atoms with Crippen LogP contribution in [-0.2, 0) is 12.8 Å². The summed E-state index contributed by atoms with van der Waals surface area (Å²) in [5, 5.41) is 19.1. The monoisotopic (exact) mass is 494 g/mol. The van der Waals surface area contributed by atoms with Crippen LogP contribution in [0.15, 0.2) is 33.2 Å². The van der Waals surface area contributed by atoms with Crippen molar-refractivity contribution in [3.05, 3.63) is 50.8 Å². The molecule has 0 radical (unpaired) electrons. The second kappa shape index (κ2) is 12.6. The number of pyridine rings is 1. The highest BCUT2D eigenvalue weighted by atomic mass is 16.3. The van der Waals surface area contributed by atoms with Gasteiger partial charge in [-0.25, -0.2) is 0 Å². The summed E-state index contributed by atoms with van der Waals surface area (Å²) in [5.41, 5.74) is 1.97. The molecule has 0 saturated heterocycles. The molecule has 1 aliphatic heterocycles. The SMILES string of the molecule is CCCCCCCCc1c(CC)c(N=Nc2cccc3c2C(=O)N(C(CC)CC)C3=O)c(O)[nH]c1=O. The van der Waals surface area contributed by atoms with Gasteiger partial charge in [0.05, 0.1) is 16.8 Å². The summed E-state index contributed by atoms with van der Waals surface area (Å²) in [6, 6.07) is 4.76. The Morgan fingerprint density at radius 3 is 2.25 bits per heavy atom. The number of aromatic hydroxyl groups is 1. The third-order valence-corrected chi connectivity index (χ3v) is 7.00. The van der Waals surface area contributed by atoms with Crippen LogP contribution in [0.25, 0.3) is 0 Å². The summed E-state index contributed by atoms with van der Waals surface area (Å²) in [6.45, 7) is 7.99. The maximum Gasteiger partial charge on any atom is 0.264 e. The molecular formula is C28H38N4O4. The molecule has 0 atom stereocenters. The number of amides is 2. The Morgan fingerprint density at radius 2 is 1.58 bits per heavy atom. The predicted molar refractivity (Wildman–Crippen MR) is 141 cm³/mol. The highest BCUT2D eigenvalue weighted by Gasteiger charge is 2.40. The molecule has 2 aromatic rings. The summed E-state index contributed by atoms with van der Waals surface area (Å²) in [4.78, 5) is 42.6. The standard InChI is InChI=1S/C28H38N4O4/c1-5-9-10-11-12-13-15-20-19(8-4)24(26(34)29-25(20)33)31-30-22-17-14-16-21-23(22)28(36)32(27(21)35)18(6-2)7-3/h14,16-18H,5-13,15H2,1-4H3,(H2,29,33,34). The molecule has 0 bridgehead atoms. The Bertz CT molecular complexity index is 1180. The molecule has 36 heavy (non-hydrogen) atoms. The lowest BCUT2D eigenvalue weighted by Gasteiger charge is -2.23. The number of benzene rings is 1. The number of carbonyl (C=O) groups is 2. The van der Waals surface area contributed by atoms with Crippen LogP contribution in [0, 0.1) is 0 Å². The number of fused-ring (bicyclic) bond motifs is 1. The number of unbranched alkanes of at least 4 members (excludes halogenated alkanes) is 5. The molecule has 0 fully saturated rings. The third kappa shape index (κ3) is 5.58. The topological polar surface area (TPSA) is 115 Å². The summed E-state index contributed by atoms with van der Waals surface area (Å²) in [6.07, 6.45) is 9.11. The lowest BCUT2D eigenvalue weighted by molar-refractivity contribution is 0.0576. The molecule has 0 unspecified atom stereocenters. The molecule has 1 aromatic heterocycles. The van der Waals surface area contributed by atoms with E-state index < -0.39 is 0 Å². The number of imide groups is 1. The summed E-state index contributed by atoms with van der Waals surface area (Å²) < 4.78 is 0. The quantitative estimate of drug-likeness (QED) is 0.182. The van der Waals surface area contributed by atoms with E-state index in [9.17, 15) is 19.5 Å². The molecule has 8 heteroatoms. The molecule has 0 saturated carbocycles. The van der Waals surface area contributed by atoms with E-state index in [0.717, 1.165) is 19.3 Å². The van der Waals surface area contributed by atoms with E-state index in [2.05, 4.69) is 22.1 Å². The number of carbonyl (C=O) groups excluding carboxylic acids is 2. The van der Waals surface area contributed by atoms with Crippen molar-refractivity contribution in [1.82, 2.24) is 9.88 Å². The van der Waals surface area contributed by atoms with Crippen LogP contribution < -0.4 is 5.56 Å². The smallest absolute Gasteiger partial charge is 0.264 e. The first-order valence-electron chi connectivity index (χ1n) is 13.3. The first-order valence-corrected chi connectivity index (χ1v) is 13.3. The minimum Gasteiger partial charge on any atom is -0.493 e. The number of H-pyrrole nitrogens is 1. The van der Waals surface area contributed by atoms with Gasteiger partial charge in [0.1, 0.15) is 5.69 Å². The molecule has 3 rings (SSSR count). The summed E-state index contributed by atoms with van der Waals surface area (Å²) in [7, 11) is 0. The van der Waals surface area contributed by atoms with E-state index in [1.807, 2.05) is 20.8 Å². The van der Waals surface area contributed by atoms with E-state index in [4.69, 9.17) is 0 Å². The summed E-state index contributed by atoms with van der Waals surface area (Å²) >= 11 is 0. The Morgan fingerprint density at radius 1 is 0.889 bits per heavy atom. The lowest BCUT2D eigenvalue weighted by atomic mass is 9.99. The first-order chi connectivity index (χ1) is 17.4. The van der Waals surface area contributed by atoms with Crippen LogP contribution in [0.5, 0.6) is 5.88 Å². The maximum absolute atomic E-state index is 13.2. The lowest BCUT2D eigenvalue weighted by Crippen LogP contribution is -2.39. The van der Waals surface area contributed by atoms with Crippen LogP contribution >= 0.6 is 0 Å². The minimum atomic E-state index is -0.372. The van der Waals surface area contributed by atoms with Gasteiger partial charge in [-0.15, -0.1) is 10.2 Å². The number of aromatic nitrogens is 1. The fraction of sp³-hybridized carbons (Fsp3) is 0.536. The molecule has 2 heterocycles. The zero-order chi connectivity index (χ0) is 26.2. The summed E-state index contributed by atoms with van der Waals surface area (Å²) in [5.74, 6) is -1.03. The number of aromatic amines is 1. The zero-order valence-electron chi connectivity index (χ0n) is 21.9. The van der Waals surface area contributed by atoms with Gasteiger partial charge in [0.25, 0.3) is 17.4 Å². The fourth-order valence-electron chi connectivity index (χ4n) is 4.96. The van der Waals surface area contributed by atoms with Crippen molar-refractivity contribution in [3.63, 3.8) is 0 Å². The molecule has 194 valence electrons. The molecular weight excluding hydrogens is 456 g/mol. The van der Waals surface area contributed by atoms with Gasteiger partial charge in [0, 0.05) is 11.6 Å². The molecule has 2 amide bonds. The Kier molecular flexibility index (Phi) is 9.56. The number of nitrogens with one attached hydrogen (secondary N) is 1. The molecule has 1 aromatic carbocycles. The van der Waals surface area contributed by atoms with E-state index in [1.54, 1.807) is 18.2 Å². The highest BCUT2D eigenvalue weighted by molar-refractivity contribution is 6.23. The Balaban J connectivity index is 1.92. The van der Waals surface area contributed by atoms with Crippen LogP contribution in [0.3, 0.4) is 0 Å². The molecule has 1 aliphatic rings. The molecule has 8 nitrogen and oxygen atoms in total. The van der Waals surface area contributed by atoms with Crippen molar-refractivity contribution in [2.24, 2.45) is 10.2 Å². The zero-order valence-corrected chi connectivity index (χ0v) is 21.9. The van der Waals surface area contributed by atoms with Crippen molar-refractivity contribution >= 4 is 23.2 Å². The van der Waals surface area contributed by atoms with Gasteiger partial charge in [-0.05, 0) is 49.8 Å². The van der Waals surface area contributed by atoms with Crippen LogP contribution in [0.4, 0.5) is 11.4 Å². The second-order valence-corrected chi connectivity index (χ2v) is 9.33. The Labute approximate surface area is 212 Å². The average Bonchev–Trinajstić information content (AvgIpc) is 3.13. The van der Waals surface area contributed by atoms with Crippen LogP contribution in [0.1, 0.15) is 111 Å². The largest absolute Gasteiger partial charge is 0.493 e. The molecule has 2 N–H and O–H groups in total. The third-order valence-electron chi connectivity index (χ3n) is 7.00. The predicted octanol–water partition coefficient (Wildman–Crippen LogP) is 6.75. The minimum absolute atomic E-state index is 0.179. The van der Waals surface area contributed by atoms with Crippen molar-refractivity contribution in [3.8, 4) is 5.88 Å². The van der Waals surface area contributed by atoms with Crippen molar-refractivity contribution < 1.29 is 14.7 Å². The fourth-order valence-corrected chi connectivity index (χ4v) is 4.96. The number of rotatable bonds is 13. The van der Waals surface area contributed by atoms with Crippen LogP contribution in [-0.4, -0.2) is 32.8 Å². The average molecular weight is 495 g/mol. The second-order valence-electron chi connectivity index (χ2n) is 9.33. The maximum atomic E-state index is 13.2. The van der Waals surface area contributed by atoms with Gasteiger partial charge >= 0.3 is 0 Å². The van der Waals surface area contributed by atoms with Gasteiger partial charge in [-0.3, -0.25) is 24.3 Å². The molecule has 0 aliphatic carbocycles. The highest BCUT2D eigenvalue weighted by Crippen LogP contribution is 2.36. The van der Waals surface area contributed by atoms with E-state index in [1.165, 1.54) is 24.2 Å². The van der Waals surface area contributed by atoms with Gasteiger partial charge in [0.15, 0.2) is 0 Å². The van der Waals surface area contributed by atoms with Gasteiger partial charge < -0.3 is 5.11 Å². The van der Waals surface area contributed by atoms with Gasteiger partial charge in [-0.2, -0.15) is 0 Å². The first kappa shape index (κ1) is 27.3. The number of hydrogen-bond acceptors (Lipinski definition) is 6.